The molecule has 0 saturated heterocycles. The van der Waals surface area contributed by atoms with Crippen LogP contribution in [0.2, 0.25) is 0 Å². The Labute approximate surface area is 132 Å². The second-order valence-electron chi connectivity index (χ2n) is 5.17. The van der Waals surface area contributed by atoms with Crippen molar-refractivity contribution in [3.05, 3.63) is 58.1 Å². The van der Waals surface area contributed by atoms with Crippen molar-refractivity contribution < 1.29 is 4.74 Å². The first-order valence-electron chi connectivity index (χ1n) is 6.79. The summed E-state index contributed by atoms with van der Waals surface area (Å²) in [5, 5.41) is 13.2. The van der Waals surface area contributed by atoms with Crippen LogP contribution < -0.4 is 10.1 Å². The minimum atomic E-state index is -0.683. The maximum absolute atomic E-state index is 9.78. The predicted molar refractivity (Wildman–Crippen MR) is 86.4 cm³/mol. The zero-order chi connectivity index (χ0) is 14.9. The van der Waals surface area contributed by atoms with Gasteiger partial charge in [0, 0.05) is 10.2 Å². The number of ether oxygens (including phenoxy) is 1. The number of anilines is 1. The van der Waals surface area contributed by atoms with Crippen LogP contribution in [0.5, 0.6) is 5.75 Å². The lowest BCUT2D eigenvalue weighted by Crippen LogP contribution is -2.31. The molecule has 0 bridgehead atoms. The van der Waals surface area contributed by atoms with Crippen molar-refractivity contribution in [2.45, 2.75) is 18.4 Å². The first-order valence-corrected chi connectivity index (χ1v) is 7.58. The lowest BCUT2D eigenvalue weighted by Gasteiger charge is -2.25. The Hall–Kier alpha value is -1.99. The van der Waals surface area contributed by atoms with Crippen LogP contribution in [-0.2, 0) is 12.0 Å². The third-order valence-corrected chi connectivity index (χ3v) is 4.47. The molecule has 2 aromatic rings. The maximum atomic E-state index is 9.78. The molecule has 21 heavy (non-hydrogen) atoms. The summed E-state index contributed by atoms with van der Waals surface area (Å²) in [6, 6.07) is 16.3. The first-order chi connectivity index (χ1) is 10.2. The van der Waals surface area contributed by atoms with E-state index in [0.717, 1.165) is 34.3 Å². The molecule has 0 spiro atoms. The van der Waals surface area contributed by atoms with E-state index in [2.05, 4.69) is 33.4 Å². The molecule has 3 nitrogen and oxygen atoms in total. The summed E-state index contributed by atoms with van der Waals surface area (Å²) in [4.78, 5) is 0. The summed E-state index contributed by atoms with van der Waals surface area (Å²) >= 11 is 3.42. The van der Waals surface area contributed by atoms with Crippen LogP contribution in [0.3, 0.4) is 0 Å². The number of halogens is 1. The van der Waals surface area contributed by atoms with Crippen LogP contribution in [0.1, 0.15) is 17.5 Å². The molecule has 1 aliphatic carbocycles. The summed E-state index contributed by atoms with van der Waals surface area (Å²) in [5.41, 5.74) is 2.49. The summed E-state index contributed by atoms with van der Waals surface area (Å²) in [6.07, 6.45) is 1.67. The lowest BCUT2D eigenvalue weighted by atomic mass is 9.93. The van der Waals surface area contributed by atoms with Gasteiger partial charge in [-0.3, -0.25) is 0 Å². The van der Waals surface area contributed by atoms with Crippen molar-refractivity contribution in [3.63, 3.8) is 0 Å². The summed E-state index contributed by atoms with van der Waals surface area (Å²) in [6.45, 7) is 0. The highest BCUT2D eigenvalue weighted by molar-refractivity contribution is 9.10. The molecular formula is C17H15BrN2O. The minimum absolute atomic E-state index is 0.683. The molecule has 1 N–H and O–H groups in total. The molecule has 1 unspecified atom stereocenters. The predicted octanol–water partition coefficient (Wildman–Crippen LogP) is 4.23. The van der Waals surface area contributed by atoms with Crippen molar-refractivity contribution in [1.82, 2.24) is 0 Å². The van der Waals surface area contributed by atoms with Gasteiger partial charge < -0.3 is 10.1 Å². The zero-order valence-corrected chi connectivity index (χ0v) is 13.3. The van der Waals surface area contributed by atoms with Crippen molar-refractivity contribution in [2.24, 2.45) is 0 Å². The Bertz CT molecular complexity index is 706. The van der Waals surface area contributed by atoms with Gasteiger partial charge in [0.05, 0.1) is 13.2 Å². The molecule has 0 aliphatic heterocycles. The molecule has 1 atom stereocenters. The van der Waals surface area contributed by atoms with Gasteiger partial charge in [-0.25, -0.2) is 0 Å². The molecule has 4 heteroatoms. The fraction of sp³-hybridized carbons (Fsp3) is 0.235. The number of aryl methyl sites for hydroxylation is 1. The average Bonchev–Trinajstić information content (AvgIpc) is 2.88. The van der Waals surface area contributed by atoms with Crippen LogP contribution in [0, 0.1) is 11.3 Å². The van der Waals surface area contributed by atoms with E-state index >= 15 is 0 Å². The van der Waals surface area contributed by atoms with E-state index in [1.165, 1.54) is 5.56 Å². The number of hydrogen-bond donors (Lipinski definition) is 1. The molecule has 0 saturated carbocycles. The molecule has 0 radical (unpaired) electrons. The highest BCUT2D eigenvalue weighted by Crippen LogP contribution is 2.41. The van der Waals surface area contributed by atoms with Crippen LogP contribution in [0.25, 0.3) is 0 Å². The van der Waals surface area contributed by atoms with Crippen molar-refractivity contribution in [2.75, 3.05) is 12.4 Å². The Kier molecular flexibility index (Phi) is 3.60. The largest absolute Gasteiger partial charge is 0.497 e. The number of fused-ring (bicyclic) bond motifs is 1. The van der Waals surface area contributed by atoms with Crippen LogP contribution >= 0.6 is 15.9 Å². The van der Waals surface area contributed by atoms with E-state index in [-0.39, 0.29) is 0 Å². The SMILES string of the molecule is COc1ccc2c(c1)C(C#N)(Nc1ccc(Br)cc1)CC2. The Morgan fingerprint density at radius 3 is 2.67 bits per heavy atom. The number of methoxy groups -OCH3 is 1. The van der Waals surface area contributed by atoms with E-state index in [4.69, 9.17) is 4.74 Å². The third kappa shape index (κ3) is 2.50. The lowest BCUT2D eigenvalue weighted by molar-refractivity contribution is 0.413. The van der Waals surface area contributed by atoms with E-state index in [1.54, 1.807) is 7.11 Å². The van der Waals surface area contributed by atoms with Gasteiger partial charge in [-0.1, -0.05) is 22.0 Å². The molecule has 0 heterocycles. The highest BCUT2D eigenvalue weighted by atomic mass is 79.9. The molecule has 0 aromatic heterocycles. The monoisotopic (exact) mass is 342 g/mol. The molecule has 0 amide bonds. The maximum Gasteiger partial charge on any atom is 0.151 e. The molecule has 106 valence electrons. The summed E-state index contributed by atoms with van der Waals surface area (Å²) in [5.74, 6) is 0.785. The normalized spacial score (nSPS) is 19.7. The van der Waals surface area contributed by atoms with Crippen LogP contribution in [-0.4, -0.2) is 7.11 Å². The minimum Gasteiger partial charge on any atom is -0.497 e. The van der Waals surface area contributed by atoms with Crippen molar-refractivity contribution in [1.29, 1.82) is 5.26 Å². The third-order valence-electron chi connectivity index (χ3n) is 3.94. The van der Waals surface area contributed by atoms with Crippen molar-refractivity contribution in [3.8, 4) is 11.8 Å². The topological polar surface area (TPSA) is 45.0 Å². The fourth-order valence-corrected chi connectivity index (χ4v) is 3.07. The number of hydrogen-bond acceptors (Lipinski definition) is 3. The molecule has 3 rings (SSSR count). The second kappa shape index (κ2) is 5.42. The summed E-state index contributed by atoms with van der Waals surface area (Å²) < 4.78 is 6.32. The molecule has 0 fully saturated rings. The average molecular weight is 343 g/mol. The second-order valence-corrected chi connectivity index (χ2v) is 6.09. The number of benzene rings is 2. The molecule has 1 aliphatic rings. The number of rotatable bonds is 3. The van der Waals surface area contributed by atoms with E-state index in [1.807, 2.05) is 36.4 Å². The van der Waals surface area contributed by atoms with Crippen molar-refractivity contribution >= 4 is 21.6 Å². The van der Waals surface area contributed by atoms with Gasteiger partial charge in [-0.15, -0.1) is 0 Å². The van der Waals surface area contributed by atoms with Crippen LogP contribution in [0.15, 0.2) is 46.9 Å². The Balaban J connectivity index is 2.00. The van der Waals surface area contributed by atoms with Gasteiger partial charge in [-0.2, -0.15) is 5.26 Å². The van der Waals surface area contributed by atoms with Gasteiger partial charge in [0.25, 0.3) is 0 Å². The standard InChI is InChI=1S/C17H15BrN2O/c1-21-15-7-2-12-8-9-17(11-19,16(12)10-15)20-14-5-3-13(18)4-6-14/h2-7,10,20H,8-9H2,1H3. The fourth-order valence-electron chi connectivity index (χ4n) is 2.81. The molecule has 2 aromatic carbocycles. The molecular weight excluding hydrogens is 328 g/mol. The number of nitrogens with zero attached hydrogens (tertiary/aromatic N) is 1. The van der Waals surface area contributed by atoms with Gasteiger partial charge in [0.15, 0.2) is 5.54 Å². The highest BCUT2D eigenvalue weighted by Gasteiger charge is 2.39. The van der Waals surface area contributed by atoms with Crippen LogP contribution in [0.4, 0.5) is 5.69 Å². The first kappa shape index (κ1) is 14.0. The quantitative estimate of drug-likeness (QED) is 0.907. The number of nitriles is 1. The van der Waals surface area contributed by atoms with Gasteiger partial charge >= 0.3 is 0 Å². The van der Waals surface area contributed by atoms with Gasteiger partial charge in [0.1, 0.15) is 5.75 Å². The van der Waals surface area contributed by atoms with E-state index in [0.29, 0.717) is 0 Å². The Morgan fingerprint density at radius 2 is 2.00 bits per heavy atom. The smallest absolute Gasteiger partial charge is 0.151 e. The zero-order valence-electron chi connectivity index (χ0n) is 11.7. The van der Waals surface area contributed by atoms with Gasteiger partial charge in [-0.05, 0) is 60.4 Å². The van der Waals surface area contributed by atoms with E-state index < -0.39 is 5.54 Å². The van der Waals surface area contributed by atoms with E-state index in [9.17, 15) is 5.26 Å². The number of nitrogens with one attached hydrogen (secondary N) is 1. The van der Waals surface area contributed by atoms with Gasteiger partial charge in [0.2, 0.25) is 0 Å². The Morgan fingerprint density at radius 1 is 1.24 bits per heavy atom. The summed E-state index contributed by atoms with van der Waals surface area (Å²) in [7, 11) is 1.65.